The van der Waals surface area contributed by atoms with Crippen LogP contribution in [-0.2, 0) is 0 Å². The smallest absolute Gasteiger partial charge is 0.336 e. The molecule has 0 aliphatic heterocycles. The van der Waals surface area contributed by atoms with Crippen molar-refractivity contribution in [2.24, 2.45) is 0 Å². The number of hydrogen-bond acceptors (Lipinski definition) is 3. The van der Waals surface area contributed by atoms with E-state index in [4.69, 9.17) is 22.0 Å². The summed E-state index contributed by atoms with van der Waals surface area (Å²) >= 11 is 9.57. The molecule has 0 bridgehead atoms. The first-order chi connectivity index (χ1) is 6.06. The minimum atomic E-state index is -1.15. The molecule has 0 unspecified atom stereocenters. The van der Waals surface area contributed by atoms with Gasteiger partial charge in [-0.3, -0.25) is 0 Å². The maximum absolute atomic E-state index is 10.6. The summed E-state index contributed by atoms with van der Waals surface area (Å²) < 4.78 is 0. The van der Waals surface area contributed by atoms with Gasteiger partial charge in [0, 0.05) is 4.90 Å². The lowest BCUT2D eigenvalue weighted by atomic mass is 10.1. The molecule has 0 spiro atoms. The molecule has 0 fully saturated rings. The molecule has 0 heterocycles. The molecule has 0 amide bonds. The quantitative estimate of drug-likeness (QED) is 0.703. The van der Waals surface area contributed by atoms with Gasteiger partial charge < -0.3 is 5.11 Å². The molecule has 66 valence electrons. The summed E-state index contributed by atoms with van der Waals surface area (Å²) in [7, 11) is 0. The molecule has 1 rings (SSSR count). The Hall–Kier alpha value is -1.18. The highest BCUT2D eigenvalue weighted by Gasteiger charge is 2.12. The van der Waals surface area contributed by atoms with Gasteiger partial charge in [-0.25, -0.2) is 4.79 Å². The third-order valence-electron chi connectivity index (χ3n) is 1.42. The fourth-order valence-corrected chi connectivity index (χ4v) is 1.27. The topological polar surface area (TPSA) is 61.1 Å². The number of nitriles is 1. The Kier molecular flexibility index (Phi) is 2.81. The van der Waals surface area contributed by atoms with Crippen LogP contribution in [0.3, 0.4) is 0 Å². The monoisotopic (exact) mass is 213 g/mol. The van der Waals surface area contributed by atoms with Crippen LogP contribution in [0.1, 0.15) is 15.9 Å². The van der Waals surface area contributed by atoms with Crippen LogP contribution in [0.15, 0.2) is 17.0 Å². The highest BCUT2D eigenvalue weighted by atomic mass is 35.5. The third-order valence-corrected chi connectivity index (χ3v) is 2.33. The minimum Gasteiger partial charge on any atom is -0.478 e. The molecule has 0 aliphatic rings. The number of carbonyl (C=O) groups is 1. The third kappa shape index (κ3) is 1.94. The van der Waals surface area contributed by atoms with E-state index in [2.05, 4.69) is 12.6 Å². The van der Waals surface area contributed by atoms with E-state index in [-0.39, 0.29) is 21.0 Å². The molecule has 5 heteroatoms. The van der Waals surface area contributed by atoms with Crippen LogP contribution in [0.5, 0.6) is 0 Å². The summed E-state index contributed by atoms with van der Waals surface area (Å²) in [6, 6.07) is 4.41. The van der Waals surface area contributed by atoms with E-state index < -0.39 is 5.97 Å². The van der Waals surface area contributed by atoms with Crippen molar-refractivity contribution in [2.75, 3.05) is 0 Å². The number of benzene rings is 1. The molecule has 0 aromatic heterocycles. The van der Waals surface area contributed by atoms with Crippen LogP contribution < -0.4 is 0 Å². The minimum absolute atomic E-state index is 0.0626. The largest absolute Gasteiger partial charge is 0.478 e. The molecule has 13 heavy (non-hydrogen) atoms. The molecule has 1 N–H and O–H groups in total. The van der Waals surface area contributed by atoms with Gasteiger partial charge in [0.15, 0.2) is 0 Å². The summed E-state index contributed by atoms with van der Waals surface area (Å²) in [5.41, 5.74) is 0.146. The van der Waals surface area contributed by atoms with Crippen molar-refractivity contribution < 1.29 is 9.90 Å². The molecule has 0 atom stereocenters. The maximum Gasteiger partial charge on any atom is 0.336 e. The van der Waals surface area contributed by atoms with E-state index in [1.807, 2.05) is 6.07 Å². The molecule has 3 nitrogen and oxygen atoms in total. The van der Waals surface area contributed by atoms with Crippen molar-refractivity contribution in [1.29, 1.82) is 5.26 Å². The summed E-state index contributed by atoms with van der Waals surface area (Å²) in [4.78, 5) is 10.8. The number of thiol groups is 1. The number of nitrogens with zero attached hydrogens (tertiary/aromatic N) is 1. The van der Waals surface area contributed by atoms with Crippen LogP contribution in [0.25, 0.3) is 0 Å². The first kappa shape index (κ1) is 9.90. The van der Waals surface area contributed by atoms with Crippen LogP contribution in [0.4, 0.5) is 0 Å². The Morgan fingerprint density at radius 2 is 2.23 bits per heavy atom. The van der Waals surface area contributed by atoms with Gasteiger partial charge in [0.1, 0.15) is 0 Å². The fraction of sp³-hybridized carbons (Fsp3) is 0. The molecular weight excluding hydrogens is 210 g/mol. The second kappa shape index (κ2) is 3.69. The first-order valence-corrected chi connectivity index (χ1v) is 4.04. The van der Waals surface area contributed by atoms with Crippen LogP contribution >= 0.6 is 24.2 Å². The van der Waals surface area contributed by atoms with Gasteiger partial charge in [-0.1, -0.05) is 11.6 Å². The number of rotatable bonds is 1. The summed E-state index contributed by atoms with van der Waals surface area (Å²) in [6.45, 7) is 0. The predicted octanol–water partition coefficient (Wildman–Crippen LogP) is 2.20. The molecule has 0 aliphatic carbocycles. The van der Waals surface area contributed by atoms with E-state index in [0.717, 1.165) is 0 Å². The van der Waals surface area contributed by atoms with Crippen molar-refractivity contribution in [3.63, 3.8) is 0 Å². The van der Waals surface area contributed by atoms with Crippen molar-refractivity contribution in [1.82, 2.24) is 0 Å². The first-order valence-electron chi connectivity index (χ1n) is 3.22. The van der Waals surface area contributed by atoms with E-state index in [0.29, 0.717) is 0 Å². The second-order valence-corrected chi connectivity index (χ2v) is 3.13. The number of hydrogen-bond donors (Lipinski definition) is 2. The normalized spacial score (nSPS) is 9.31. The lowest BCUT2D eigenvalue weighted by Crippen LogP contribution is -1.99. The molecule has 0 saturated carbocycles. The zero-order chi connectivity index (χ0) is 10.0. The molecule has 1 aromatic carbocycles. The maximum atomic E-state index is 10.6. The van der Waals surface area contributed by atoms with Gasteiger partial charge >= 0.3 is 5.97 Å². The van der Waals surface area contributed by atoms with Crippen LogP contribution in [0, 0.1) is 11.3 Å². The van der Waals surface area contributed by atoms with Gasteiger partial charge in [-0.05, 0) is 12.1 Å². The average Bonchev–Trinajstić information content (AvgIpc) is 2.09. The molecular formula is C8H4ClNO2S. The highest BCUT2D eigenvalue weighted by molar-refractivity contribution is 7.80. The van der Waals surface area contributed by atoms with Crippen molar-refractivity contribution in [2.45, 2.75) is 4.90 Å². The lowest BCUT2D eigenvalue weighted by Gasteiger charge is -2.02. The Labute approximate surface area is 85.0 Å². The summed E-state index contributed by atoms with van der Waals surface area (Å²) in [6.07, 6.45) is 0. The standard InChI is InChI=1S/C8H4ClNO2S/c9-6-2-4(3-10)1-5(7(6)13)8(11)12/h1-2,13H,(H,11,12). The molecule has 1 aromatic rings. The fourth-order valence-electron chi connectivity index (χ4n) is 0.827. The lowest BCUT2D eigenvalue weighted by molar-refractivity contribution is 0.0693. The van der Waals surface area contributed by atoms with Crippen LogP contribution in [0.2, 0.25) is 5.02 Å². The second-order valence-electron chi connectivity index (χ2n) is 2.27. The van der Waals surface area contributed by atoms with Gasteiger partial charge in [0.25, 0.3) is 0 Å². The Bertz CT molecular complexity index is 411. The number of carboxylic acid groups (broad SMARTS) is 1. The van der Waals surface area contributed by atoms with E-state index in [9.17, 15) is 4.79 Å². The zero-order valence-electron chi connectivity index (χ0n) is 6.28. The van der Waals surface area contributed by atoms with E-state index in [1.54, 1.807) is 0 Å². The number of halogens is 1. The van der Waals surface area contributed by atoms with Gasteiger partial charge in [-0.15, -0.1) is 12.6 Å². The van der Waals surface area contributed by atoms with Crippen molar-refractivity contribution in [3.05, 3.63) is 28.3 Å². The predicted molar refractivity (Wildman–Crippen MR) is 50.4 cm³/mol. The Balaban J connectivity index is 3.44. The average molecular weight is 214 g/mol. The number of carboxylic acids is 1. The van der Waals surface area contributed by atoms with Crippen LogP contribution in [-0.4, -0.2) is 11.1 Å². The molecule has 0 saturated heterocycles. The van der Waals surface area contributed by atoms with Gasteiger partial charge in [0.2, 0.25) is 0 Å². The van der Waals surface area contributed by atoms with Gasteiger partial charge in [-0.2, -0.15) is 5.26 Å². The van der Waals surface area contributed by atoms with Crippen molar-refractivity contribution >= 4 is 30.2 Å². The van der Waals surface area contributed by atoms with E-state index in [1.165, 1.54) is 12.1 Å². The number of aromatic carboxylic acids is 1. The Morgan fingerprint density at radius 1 is 1.62 bits per heavy atom. The Morgan fingerprint density at radius 3 is 2.69 bits per heavy atom. The van der Waals surface area contributed by atoms with Crippen molar-refractivity contribution in [3.8, 4) is 6.07 Å². The summed E-state index contributed by atoms with van der Waals surface area (Å²) in [5, 5.41) is 17.4. The highest BCUT2D eigenvalue weighted by Crippen LogP contribution is 2.25. The van der Waals surface area contributed by atoms with Gasteiger partial charge in [0.05, 0.1) is 22.2 Å². The van der Waals surface area contributed by atoms with E-state index >= 15 is 0 Å². The zero-order valence-corrected chi connectivity index (χ0v) is 7.93. The SMILES string of the molecule is N#Cc1cc(Cl)c(S)c(C(=O)O)c1. The summed E-state index contributed by atoms with van der Waals surface area (Å²) in [5.74, 6) is -1.15. The molecule has 0 radical (unpaired) electrons.